The number of esters is 2. The van der Waals surface area contributed by atoms with Crippen LogP contribution in [0, 0.1) is 23.7 Å². The maximum atomic E-state index is 11.8. The summed E-state index contributed by atoms with van der Waals surface area (Å²) in [6.45, 7) is 2.95. The highest BCUT2D eigenvalue weighted by molar-refractivity contribution is 5.69. The molecule has 0 aromatic carbocycles. The fourth-order valence-corrected chi connectivity index (χ4v) is 3.28. The lowest BCUT2D eigenvalue weighted by atomic mass is 10.2. The highest BCUT2D eigenvalue weighted by Crippen LogP contribution is 2.05. The smallest absolute Gasteiger partial charge is 0.305 e. The second-order valence-electron chi connectivity index (χ2n) is 8.58. The van der Waals surface area contributed by atoms with Gasteiger partial charge in [-0.3, -0.25) is 9.59 Å². The first-order chi connectivity index (χ1) is 17.8. The SMILES string of the molecule is O=C1CCCC=CCCC=CCCCC(=O)OCCCCCOCC#CC#CCOCCCCCO1. The van der Waals surface area contributed by atoms with E-state index in [0.29, 0.717) is 52.5 Å². The summed E-state index contributed by atoms with van der Waals surface area (Å²) in [7, 11) is 0. The van der Waals surface area contributed by atoms with Crippen molar-refractivity contribution in [2.75, 3.05) is 39.6 Å². The van der Waals surface area contributed by atoms with Gasteiger partial charge in [0.1, 0.15) is 13.2 Å². The molecule has 0 aromatic rings. The molecule has 36 heavy (non-hydrogen) atoms. The number of hydrogen-bond acceptors (Lipinski definition) is 6. The standard InChI is InChI=1S/C30H44O6/c31-29-21-13-7-5-3-1-2-4-6-8-14-22-30(32)36-28-20-12-18-26-34-24-16-10-9-15-23-33-25-17-11-19-27-35-29/h3-6H,1-2,7-8,11-14,17-28H2. The molecule has 0 atom stereocenters. The van der Waals surface area contributed by atoms with Gasteiger partial charge < -0.3 is 18.9 Å². The van der Waals surface area contributed by atoms with Crippen molar-refractivity contribution in [1.29, 1.82) is 0 Å². The Bertz CT molecular complexity index is 683. The van der Waals surface area contributed by atoms with Crippen molar-refractivity contribution < 1.29 is 28.5 Å². The van der Waals surface area contributed by atoms with Crippen molar-refractivity contribution >= 4 is 11.9 Å². The van der Waals surface area contributed by atoms with E-state index in [9.17, 15) is 9.59 Å². The van der Waals surface area contributed by atoms with Crippen LogP contribution in [0.1, 0.15) is 89.9 Å². The summed E-state index contributed by atoms with van der Waals surface area (Å²) >= 11 is 0. The second kappa shape index (κ2) is 25.5. The number of rotatable bonds is 0. The van der Waals surface area contributed by atoms with Gasteiger partial charge in [0, 0.05) is 26.1 Å². The van der Waals surface area contributed by atoms with Crippen LogP contribution < -0.4 is 0 Å². The van der Waals surface area contributed by atoms with Crippen molar-refractivity contribution in [3.05, 3.63) is 24.3 Å². The van der Waals surface area contributed by atoms with Gasteiger partial charge in [-0.1, -0.05) is 36.1 Å². The van der Waals surface area contributed by atoms with E-state index < -0.39 is 0 Å². The average Bonchev–Trinajstić information content (AvgIpc) is 2.87. The van der Waals surface area contributed by atoms with Crippen molar-refractivity contribution in [2.45, 2.75) is 89.9 Å². The van der Waals surface area contributed by atoms with Crippen molar-refractivity contribution in [2.24, 2.45) is 0 Å². The quantitative estimate of drug-likeness (QED) is 0.241. The van der Waals surface area contributed by atoms with E-state index in [1.54, 1.807) is 0 Å². The first kappa shape index (κ1) is 31.5. The molecule has 1 aliphatic heterocycles. The molecule has 0 aromatic heterocycles. The van der Waals surface area contributed by atoms with Crippen LogP contribution in [0.2, 0.25) is 0 Å². The summed E-state index contributed by atoms with van der Waals surface area (Å²) in [5, 5.41) is 0. The van der Waals surface area contributed by atoms with Crippen LogP contribution in [-0.2, 0) is 28.5 Å². The minimum atomic E-state index is -0.120. The monoisotopic (exact) mass is 500 g/mol. The van der Waals surface area contributed by atoms with Gasteiger partial charge in [0.15, 0.2) is 0 Å². The van der Waals surface area contributed by atoms with E-state index in [4.69, 9.17) is 18.9 Å². The summed E-state index contributed by atoms with van der Waals surface area (Å²) in [6.07, 6.45) is 20.3. The largest absolute Gasteiger partial charge is 0.466 e. The zero-order chi connectivity index (χ0) is 25.8. The second-order valence-corrected chi connectivity index (χ2v) is 8.58. The van der Waals surface area contributed by atoms with Crippen LogP contribution >= 0.6 is 0 Å². The third-order valence-corrected chi connectivity index (χ3v) is 5.32. The van der Waals surface area contributed by atoms with Crippen LogP contribution in [0.5, 0.6) is 0 Å². The van der Waals surface area contributed by atoms with Gasteiger partial charge in [0.05, 0.1) is 13.2 Å². The predicted molar refractivity (Wildman–Crippen MR) is 142 cm³/mol. The Morgan fingerprint density at radius 1 is 0.500 bits per heavy atom. The molecular formula is C30H44O6. The molecule has 6 nitrogen and oxygen atoms in total. The Morgan fingerprint density at radius 3 is 1.39 bits per heavy atom. The third kappa shape index (κ3) is 23.2. The zero-order valence-electron chi connectivity index (χ0n) is 21.9. The van der Waals surface area contributed by atoms with E-state index in [1.807, 2.05) is 0 Å². The lowest BCUT2D eigenvalue weighted by Crippen LogP contribution is -2.05. The summed E-state index contributed by atoms with van der Waals surface area (Å²) in [5.74, 6) is 11.0. The van der Waals surface area contributed by atoms with E-state index in [1.165, 1.54) is 0 Å². The number of allylic oxidation sites excluding steroid dienone is 4. The molecule has 0 N–H and O–H groups in total. The van der Waals surface area contributed by atoms with Gasteiger partial charge in [-0.2, -0.15) is 0 Å². The maximum absolute atomic E-state index is 11.8. The number of carbonyl (C=O) groups excluding carboxylic acids is 2. The number of cyclic esters (lactones) is 2. The van der Waals surface area contributed by atoms with Gasteiger partial charge >= 0.3 is 11.9 Å². The molecule has 0 spiro atoms. The highest BCUT2D eigenvalue weighted by Gasteiger charge is 2.02. The van der Waals surface area contributed by atoms with Crippen molar-refractivity contribution in [1.82, 2.24) is 0 Å². The molecule has 0 unspecified atom stereocenters. The Morgan fingerprint density at radius 2 is 0.917 bits per heavy atom. The highest BCUT2D eigenvalue weighted by atomic mass is 16.5. The molecule has 1 rings (SSSR count). The molecule has 6 heteroatoms. The minimum Gasteiger partial charge on any atom is -0.466 e. The number of hydrogen-bond donors (Lipinski definition) is 0. The lowest BCUT2D eigenvalue weighted by Gasteiger charge is -2.04. The summed E-state index contributed by atoms with van der Waals surface area (Å²) in [5.41, 5.74) is 0. The average molecular weight is 501 g/mol. The summed E-state index contributed by atoms with van der Waals surface area (Å²) in [4.78, 5) is 23.6. The molecule has 1 heterocycles. The third-order valence-electron chi connectivity index (χ3n) is 5.32. The molecule has 200 valence electrons. The summed E-state index contributed by atoms with van der Waals surface area (Å²) < 4.78 is 21.5. The molecule has 0 saturated heterocycles. The molecule has 0 saturated carbocycles. The van der Waals surface area contributed by atoms with Gasteiger partial charge in [0.2, 0.25) is 0 Å². The fourth-order valence-electron chi connectivity index (χ4n) is 3.28. The Hall–Kier alpha value is -2.54. The normalized spacial score (nSPS) is 20.3. The fraction of sp³-hybridized carbons (Fsp3) is 0.667. The van der Waals surface area contributed by atoms with Crippen LogP contribution in [0.4, 0.5) is 0 Å². The number of ether oxygens (including phenoxy) is 4. The van der Waals surface area contributed by atoms with Crippen molar-refractivity contribution in [3.63, 3.8) is 0 Å². The first-order valence-electron chi connectivity index (χ1n) is 13.5. The molecule has 0 aliphatic carbocycles. The molecule has 0 amide bonds. The summed E-state index contributed by atoms with van der Waals surface area (Å²) in [6, 6.07) is 0. The topological polar surface area (TPSA) is 71.1 Å². The van der Waals surface area contributed by atoms with E-state index in [0.717, 1.165) is 77.0 Å². The van der Waals surface area contributed by atoms with Gasteiger partial charge in [0.25, 0.3) is 0 Å². The minimum absolute atomic E-state index is 0.120. The molecule has 0 fully saturated rings. The van der Waals surface area contributed by atoms with Crippen LogP contribution in [0.3, 0.4) is 0 Å². The van der Waals surface area contributed by atoms with Gasteiger partial charge in [-0.05, 0) is 88.9 Å². The predicted octanol–water partition coefficient (Wildman–Crippen LogP) is 5.70. The maximum Gasteiger partial charge on any atom is 0.305 e. The lowest BCUT2D eigenvalue weighted by molar-refractivity contribution is -0.144. The molecule has 0 bridgehead atoms. The van der Waals surface area contributed by atoms with Gasteiger partial charge in [-0.25, -0.2) is 0 Å². The van der Waals surface area contributed by atoms with Crippen LogP contribution in [0.25, 0.3) is 0 Å². The van der Waals surface area contributed by atoms with E-state index in [2.05, 4.69) is 48.0 Å². The van der Waals surface area contributed by atoms with E-state index >= 15 is 0 Å². The van der Waals surface area contributed by atoms with Crippen molar-refractivity contribution in [3.8, 4) is 23.7 Å². The van der Waals surface area contributed by atoms with E-state index in [-0.39, 0.29) is 11.9 Å². The van der Waals surface area contributed by atoms with Crippen LogP contribution in [-0.4, -0.2) is 51.6 Å². The zero-order valence-corrected chi connectivity index (χ0v) is 21.9. The Kier molecular flexibility index (Phi) is 22.3. The molecular weight excluding hydrogens is 456 g/mol. The number of carbonyl (C=O) groups is 2. The Labute approximate surface area is 218 Å². The van der Waals surface area contributed by atoms with Crippen LogP contribution in [0.15, 0.2) is 24.3 Å². The Balaban J connectivity index is 2.26. The molecule has 1 aliphatic rings. The van der Waals surface area contributed by atoms with Gasteiger partial charge in [-0.15, -0.1) is 0 Å². The molecule has 0 radical (unpaired) electrons. The first-order valence-corrected chi connectivity index (χ1v) is 13.5.